The molecule has 0 N–H and O–H groups in total. The molecule has 0 atom stereocenters. The zero-order valence-electron chi connectivity index (χ0n) is 9.31. The van der Waals surface area contributed by atoms with Crippen LogP contribution in [0.15, 0.2) is 6.07 Å². The van der Waals surface area contributed by atoms with Gasteiger partial charge in [-0.25, -0.2) is 13.2 Å². The Morgan fingerprint density at radius 3 is 2.06 bits per heavy atom. The molecule has 0 spiro atoms. The number of benzene rings is 1. The summed E-state index contributed by atoms with van der Waals surface area (Å²) in [4.78, 5) is 0. The van der Waals surface area contributed by atoms with Crippen molar-refractivity contribution in [3.8, 4) is 0 Å². The molecule has 5 heteroatoms. The van der Waals surface area contributed by atoms with Crippen molar-refractivity contribution in [2.45, 2.75) is 19.6 Å². The van der Waals surface area contributed by atoms with E-state index in [2.05, 4.69) is 0 Å². The van der Waals surface area contributed by atoms with Crippen molar-refractivity contribution in [2.75, 3.05) is 14.2 Å². The van der Waals surface area contributed by atoms with E-state index in [1.165, 1.54) is 20.3 Å². The molecule has 2 nitrogen and oxygen atoms in total. The van der Waals surface area contributed by atoms with E-state index in [4.69, 9.17) is 9.47 Å². The smallest absolute Gasteiger partial charge is 0.195 e. The number of aryl methyl sites for hydroxylation is 1. The molecule has 1 rings (SSSR count). The Morgan fingerprint density at radius 1 is 1.06 bits per heavy atom. The van der Waals surface area contributed by atoms with E-state index in [1.807, 2.05) is 0 Å². The van der Waals surface area contributed by atoms with Gasteiger partial charge in [0.15, 0.2) is 23.7 Å². The predicted octanol–water partition coefficient (Wildman–Crippen LogP) is 2.96. The van der Waals surface area contributed by atoms with Crippen molar-refractivity contribution >= 4 is 0 Å². The number of rotatable bonds is 4. The molecule has 0 fully saturated rings. The normalized spacial score (nSPS) is 11.2. The second-order valence-electron chi connectivity index (χ2n) is 3.22. The molecule has 0 aliphatic rings. The van der Waals surface area contributed by atoms with Crippen molar-refractivity contribution in [3.05, 3.63) is 34.6 Å². The van der Waals surface area contributed by atoms with Gasteiger partial charge >= 0.3 is 0 Å². The predicted molar refractivity (Wildman–Crippen MR) is 52.5 cm³/mol. The number of halogens is 3. The average Bonchev–Trinajstić information content (AvgIpc) is 2.30. The molecule has 16 heavy (non-hydrogen) atoms. The Bertz CT molecular complexity index is 376. The molecule has 0 aromatic heterocycles. The Kier molecular flexibility index (Phi) is 4.32. The first-order valence-corrected chi connectivity index (χ1v) is 4.78. The highest BCUT2D eigenvalue weighted by molar-refractivity contribution is 5.29. The van der Waals surface area contributed by atoms with E-state index >= 15 is 0 Å². The maximum Gasteiger partial charge on any atom is 0.195 e. The molecule has 0 unspecified atom stereocenters. The van der Waals surface area contributed by atoms with E-state index in [1.54, 1.807) is 6.92 Å². The van der Waals surface area contributed by atoms with Crippen LogP contribution in [0.2, 0.25) is 0 Å². The van der Waals surface area contributed by atoms with E-state index in [9.17, 15) is 13.2 Å². The van der Waals surface area contributed by atoms with E-state index in [0.29, 0.717) is 0 Å². The molecule has 0 aliphatic carbocycles. The molecule has 0 heterocycles. The van der Waals surface area contributed by atoms with Crippen LogP contribution in [0.25, 0.3) is 0 Å². The third-order valence-electron chi connectivity index (χ3n) is 2.31. The SMILES string of the molecule is CCc1cc(C(OC)OC)c(F)c(F)c1F. The fraction of sp³-hybridized carbons (Fsp3) is 0.455. The molecule has 0 saturated carbocycles. The van der Waals surface area contributed by atoms with Gasteiger partial charge in [-0.1, -0.05) is 6.92 Å². The monoisotopic (exact) mass is 234 g/mol. The zero-order valence-corrected chi connectivity index (χ0v) is 9.31. The fourth-order valence-corrected chi connectivity index (χ4v) is 1.46. The summed E-state index contributed by atoms with van der Waals surface area (Å²) >= 11 is 0. The van der Waals surface area contributed by atoms with E-state index < -0.39 is 23.7 Å². The average molecular weight is 234 g/mol. The Morgan fingerprint density at radius 2 is 1.62 bits per heavy atom. The second kappa shape index (κ2) is 5.32. The lowest BCUT2D eigenvalue weighted by Gasteiger charge is -2.16. The Balaban J connectivity index is 3.34. The van der Waals surface area contributed by atoms with Crippen molar-refractivity contribution in [1.82, 2.24) is 0 Å². The van der Waals surface area contributed by atoms with Gasteiger partial charge in [0.2, 0.25) is 0 Å². The highest BCUT2D eigenvalue weighted by Gasteiger charge is 2.23. The van der Waals surface area contributed by atoms with Crippen LogP contribution in [0.4, 0.5) is 13.2 Å². The van der Waals surface area contributed by atoms with Gasteiger partial charge in [0.1, 0.15) is 0 Å². The van der Waals surface area contributed by atoms with Crippen molar-refractivity contribution in [2.24, 2.45) is 0 Å². The quantitative estimate of drug-likeness (QED) is 0.589. The molecule has 90 valence electrons. The first-order valence-electron chi connectivity index (χ1n) is 4.78. The van der Waals surface area contributed by atoms with Gasteiger partial charge in [0.05, 0.1) is 0 Å². The minimum atomic E-state index is -1.49. The summed E-state index contributed by atoms with van der Waals surface area (Å²) in [7, 11) is 2.58. The Hall–Kier alpha value is -1.07. The minimum absolute atomic E-state index is 0.0907. The lowest BCUT2D eigenvalue weighted by molar-refractivity contribution is -0.108. The van der Waals surface area contributed by atoms with Crippen molar-refractivity contribution in [3.63, 3.8) is 0 Å². The summed E-state index contributed by atoms with van der Waals surface area (Å²) in [5, 5.41) is 0. The van der Waals surface area contributed by atoms with Gasteiger partial charge < -0.3 is 9.47 Å². The highest BCUT2D eigenvalue weighted by Crippen LogP contribution is 2.26. The summed E-state index contributed by atoms with van der Waals surface area (Å²) in [5.41, 5.74) is -0.0475. The highest BCUT2D eigenvalue weighted by atomic mass is 19.2. The number of ether oxygens (including phenoxy) is 2. The van der Waals surface area contributed by atoms with Gasteiger partial charge in [0, 0.05) is 19.8 Å². The van der Waals surface area contributed by atoms with Gasteiger partial charge in [-0.15, -0.1) is 0 Å². The second-order valence-corrected chi connectivity index (χ2v) is 3.22. The summed E-state index contributed by atoms with van der Waals surface area (Å²) < 4.78 is 49.5. The van der Waals surface area contributed by atoms with Gasteiger partial charge in [-0.3, -0.25) is 0 Å². The van der Waals surface area contributed by atoms with Crippen LogP contribution in [0, 0.1) is 17.5 Å². The third-order valence-corrected chi connectivity index (χ3v) is 2.31. The molecule has 0 radical (unpaired) electrons. The van der Waals surface area contributed by atoms with Crippen LogP contribution in [0.5, 0.6) is 0 Å². The minimum Gasteiger partial charge on any atom is -0.352 e. The maximum absolute atomic E-state index is 13.4. The summed E-state index contributed by atoms with van der Waals surface area (Å²) in [6.45, 7) is 1.65. The van der Waals surface area contributed by atoms with Crippen LogP contribution in [-0.2, 0) is 15.9 Å². The van der Waals surface area contributed by atoms with Crippen LogP contribution in [0.1, 0.15) is 24.3 Å². The van der Waals surface area contributed by atoms with Gasteiger partial charge in [-0.05, 0) is 18.1 Å². The topological polar surface area (TPSA) is 18.5 Å². The zero-order chi connectivity index (χ0) is 12.3. The number of methoxy groups -OCH3 is 2. The van der Waals surface area contributed by atoms with Crippen molar-refractivity contribution < 1.29 is 22.6 Å². The Labute approximate surface area is 92.0 Å². The number of hydrogen-bond acceptors (Lipinski definition) is 2. The van der Waals surface area contributed by atoms with Gasteiger partial charge in [0.25, 0.3) is 0 Å². The molecule has 1 aromatic carbocycles. The summed E-state index contributed by atoms with van der Waals surface area (Å²) in [6.07, 6.45) is -0.781. The molecule has 0 bridgehead atoms. The van der Waals surface area contributed by atoms with Crippen LogP contribution >= 0.6 is 0 Å². The van der Waals surface area contributed by atoms with Crippen molar-refractivity contribution in [1.29, 1.82) is 0 Å². The van der Waals surface area contributed by atoms with Crippen LogP contribution in [-0.4, -0.2) is 14.2 Å². The van der Waals surface area contributed by atoms with Gasteiger partial charge in [-0.2, -0.15) is 0 Å². The molecule has 0 amide bonds. The summed E-state index contributed by atoms with van der Waals surface area (Å²) in [5.74, 6) is -3.92. The van der Waals surface area contributed by atoms with Crippen LogP contribution in [0.3, 0.4) is 0 Å². The standard InChI is InChI=1S/C11H13F3O2/c1-4-6-5-7(11(15-2)16-3)9(13)10(14)8(6)12/h5,11H,4H2,1-3H3. The third kappa shape index (κ3) is 2.20. The largest absolute Gasteiger partial charge is 0.352 e. The van der Waals surface area contributed by atoms with Crippen LogP contribution < -0.4 is 0 Å². The molecular formula is C11H13F3O2. The maximum atomic E-state index is 13.4. The molecule has 0 saturated heterocycles. The fourth-order valence-electron chi connectivity index (χ4n) is 1.46. The molecule has 0 aliphatic heterocycles. The lowest BCUT2D eigenvalue weighted by atomic mass is 10.1. The van der Waals surface area contributed by atoms with E-state index in [0.717, 1.165) is 0 Å². The summed E-state index contributed by atoms with van der Waals surface area (Å²) in [6, 6.07) is 1.21. The lowest BCUT2D eigenvalue weighted by Crippen LogP contribution is -2.10. The molecular weight excluding hydrogens is 221 g/mol. The first kappa shape index (κ1) is 13.0. The number of hydrogen-bond donors (Lipinski definition) is 0. The molecule has 1 aromatic rings. The first-order chi connectivity index (χ1) is 7.56. The van der Waals surface area contributed by atoms with E-state index in [-0.39, 0.29) is 17.5 Å².